The quantitative estimate of drug-likeness (QED) is 0.719. The van der Waals surface area contributed by atoms with Crippen molar-refractivity contribution < 1.29 is 9.53 Å². The van der Waals surface area contributed by atoms with Gasteiger partial charge in [0.1, 0.15) is 12.3 Å². The number of anilines is 1. The van der Waals surface area contributed by atoms with E-state index in [0.717, 1.165) is 21.8 Å². The zero-order valence-electron chi connectivity index (χ0n) is 13.9. The normalized spacial score (nSPS) is 10.8. The number of carbonyl (C=O) groups is 1. The number of aryl methyl sites for hydroxylation is 1. The Morgan fingerprint density at radius 1 is 1.29 bits per heavy atom. The molecule has 2 aromatic carbocycles. The lowest BCUT2D eigenvalue weighted by Crippen LogP contribution is -2.19. The van der Waals surface area contributed by atoms with Gasteiger partial charge in [0.2, 0.25) is 5.91 Å². The van der Waals surface area contributed by atoms with Crippen molar-refractivity contribution in [1.82, 2.24) is 9.55 Å². The van der Waals surface area contributed by atoms with Crippen LogP contribution in [-0.4, -0.2) is 28.8 Å². The van der Waals surface area contributed by atoms with Crippen molar-refractivity contribution in [2.24, 2.45) is 0 Å². The number of ether oxygens (including phenoxy) is 1. The van der Waals surface area contributed by atoms with Crippen LogP contribution in [0.25, 0.3) is 11.0 Å². The van der Waals surface area contributed by atoms with E-state index in [1.165, 1.54) is 11.8 Å². The molecule has 124 valence electrons. The van der Waals surface area contributed by atoms with Crippen molar-refractivity contribution in [3.8, 4) is 5.75 Å². The van der Waals surface area contributed by atoms with Gasteiger partial charge in [0.25, 0.3) is 0 Å². The second kappa shape index (κ2) is 6.97. The monoisotopic (exact) mass is 341 g/mol. The van der Waals surface area contributed by atoms with E-state index in [2.05, 4.69) is 10.3 Å². The number of imidazole rings is 1. The topological polar surface area (TPSA) is 56.1 Å². The summed E-state index contributed by atoms with van der Waals surface area (Å²) >= 11 is 1.53. The van der Waals surface area contributed by atoms with Gasteiger partial charge in [0, 0.05) is 0 Å². The molecule has 6 heteroatoms. The number of rotatable bonds is 5. The number of aromatic nitrogens is 2. The first-order valence-corrected chi connectivity index (χ1v) is 8.78. The van der Waals surface area contributed by atoms with Gasteiger partial charge in [-0.3, -0.25) is 4.79 Å². The molecule has 24 heavy (non-hydrogen) atoms. The maximum atomic E-state index is 12.5. The van der Waals surface area contributed by atoms with Gasteiger partial charge >= 0.3 is 0 Å². The molecule has 0 spiro atoms. The summed E-state index contributed by atoms with van der Waals surface area (Å²) in [5, 5.41) is 3.76. The van der Waals surface area contributed by atoms with Crippen molar-refractivity contribution in [1.29, 1.82) is 0 Å². The molecule has 1 aromatic heterocycles. The van der Waals surface area contributed by atoms with Crippen LogP contribution in [0.15, 0.2) is 47.6 Å². The highest BCUT2D eigenvalue weighted by molar-refractivity contribution is 7.98. The number of para-hydroxylation sites is 2. The maximum absolute atomic E-state index is 12.5. The van der Waals surface area contributed by atoms with E-state index < -0.39 is 0 Å². The minimum atomic E-state index is -0.114. The lowest BCUT2D eigenvalue weighted by atomic mass is 10.2. The lowest BCUT2D eigenvalue weighted by molar-refractivity contribution is -0.116. The zero-order valence-corrected chi connectivity index (χ0v) is 14.7. The second-order valence-electron chi connectivity index (χ2n) is 5.43. The van der Waals surface area contributed by atoms with Gasteiger partial charge in [0.15, 0.2) is 5.16 Å². The summed E-state index contributed by atoms with van der Waals surface area (Å²) < 4.78 is 7.24. The lowest BCUT2D eigenvalue weighted by Gasteiger charge is -2.12. The average molecular weight is 341 g/mol. The third kappa shape index (κ3) is 3.23. The molecule has 0 saturated carbocycles. The molecule has 1 amide bonds. The molecule has 0 unspecified atom stereocenters. The Kier molecular flexibility index (Phi) is 4.76. The fourth-order valence-corrected chi connectivity index (χ4v) is 3.19. The Morgan fingerprint density at radius 2 is 2.08 bits per heavy atom. The van der Waals surface area contributed by atoms with E-state index >= 15 is 0 Å². The van der Waals surface area contributed by atoms with Crippen molar-refractivity contribution >= 4 is 34.4 Å². The Morgan fingerprint density at radius 3 is 2.83 bits per heavy atom. The van der Waals surface area contributed by atoms with Crippen molar-refractivity contribution in [3.05, 3.63) is 48.0 Å². The third-order valence-corrected chi connectivity index (χ3v) is 4.41. The molecule has 0 saturated heterocycles. The SMILES string of the molecule is COc1ccc(C)cc1NC(=O)Cn1c(SC)nc2ccccc21. The first kappa shape index (κ1) is 16.4. The molecule has 0 radical (unpaired) electrons. The number of carbonyl (C=O) groups excluding carboxylic acids is 1. The minimum absolute atomic E-state index is 0.114. The van der Waals surface area contributed by atoms with Crippen molar-refractivity contribution in [2.45, 2.75) is 18.6 Å². The van der Waals surface area contributed by atoms with Crippen LogP contribution in [0.5, 0.6) is 5.75 Å². The largest absolute Gasteiger partial charge is 0.495 e. The Hall–Kier alpha value is -2.47. The molecule has 0 bridgehead atoms. The molecule has 1 heterocycles. The first-order chi connectivity index (χ1) is 11.6. The highest BCUT2D eigenvalue weighted by Crippen LogP contribution is 2.26. The van der Waals surface area contributed by atoms with Crippen LogP contribution in [-0.2, 0) is 11.3 Å². The molecule has 0 aliphatic heterocycles. The van der Waals surface area contributed by atoms with Crippen LogP contribution in [0.2, 0.25) is 0 Å². The number of hydrogen-bond donors (Lipinski definition) is 1. The van der Waals surface area contributed by atoms with E-state index in [4.69, 9.17) is 4.74 Å². The Labute approximate surface area is 145 Å². The molecular formula is C18H19N3O2S. The summed E-state index contributed by atoms with van der Waals surface area (Å²) in [6.45, 7) is 2.18. The summed E-state index contributed by atoms with van der Waals surface area (Å²) in [6.07, 6.45) is 1.96. The van der Waals surface area contributed by atoms with E-state index in [9.17, 15) is 4.79 Å². The molecule has 0 aliphatic carbocycles. The van der Waals surface area contributed by atoms with E-state index in [-0.39, 0.29) is 12.5 Å². The predicted molar refractivity (Wildman–Crippen MR) is 97.9 cm³/mol. The molecule has 1 N–H and O–H groups in total. The van der Waals surface area contributed by atoms with Crippen molar-refractivity contribution in [2.75, 3.05) is 18.7 Å². The number of thioether (sulfide) groups is 1. The van der Waals surface area contributed by atoms with Crippen LogP contribution in [0.3, 0.4) is 0 Å². The Bertz CT molecular complexity index is 889. The summed E-state index contributed by atoms with van der Waals surface area (Å²) in [5.74, 6) is 0.534. The van der Waals surface area contributed by atoms with Crippen LogP contribution in [0.1, 0.15) is 5.56 Å². The van der Waals surface area contributed by atoms with Crippen LogP contribution in [0, 0.1) is 6.92 Å². The van der Waals surface area contributed by atoms with E-state index in [1.54, 1.807) is 7.11 Å². The number of fused-ring (bicyclic) bond motifs is 1. The summed E-state index contributed by atoms with van der Waals surface area (Å²) in [6, 6.07) is 13.5. The number of hydrogen-bond acceptors (Lipinski definition) is 4. The van der Waals surface area contributed by atoms with E-state index in [1.807, 2.05) is 60.2 Å². The van der Waals surface area contributed by atoms with Gasteiger partial charge in [-0.15, -0.1) is 0 Å². The van der Waals surface area contributed by atoms with Gasteiger partial charge in [-0.1, -0.05) is 30.0 Å². The molecule has 0 fully saturated rings. The zero-order chi connectivity index (χ0) is 17.1. The third-order valence-electron chi connectivity index (χ3n) is 3.73. The predicted octanol–water partition coefficient (Wildman–Crippen LogP) is 3.71. The van der Waals surface area contributed by atoms with Gasteiger partial charge in [-0.05, 0) is 43.0 Å². The van der Waals surface area contributed by atoms with Gasteiger partial charge < -0.3 is 14.6 Å². The molecule has 0 atom stereocenters. The molecule has 0 aliphatic rings. The number of nitrogens with zero attached hydrogens (tertiary/aromatic N) is 2. The molecule has 5 nitrogen and oxygen atoms in total. The van der Waals surface area contributed by atoms with Gasteiger partial charge in [-0.25, -0.2) is 4.98 Å². The number of nitrogens with one attached hydrogen (secondary N) is 1. The standard InChI is InChI=1S/C18H19N3O2S/c1-12-8-9-16(23-2)14(10-12)19-17(22)11-21-15-7-5-4-6-13(15)20-18(21)24-3/h4-10H,11H2,1-3H3,(H,19,22). The Balaban J connectivity index is 1.87. The van der Waals surface area contributed by atoms with Gasteiger partial charge in [0.05, 0.1) is 23.8 Å². The minimum Gasteiger partial charge on any atom is -0.495 e. The highest BCUT2D eigenvalue weighted by Gasteiger charge is 2.14. The molecular weight excluding hydrogens is 322 g/mol. The smallest absolute Gasteiger partial charge is 0.244 e. The van der Waals surface area contributed by atoms with Crippen molar-refractivity contribution in [3.63, 3.8) is 0 Å². The van der Waals surface area contributed by atoms with E-state index in [0.29, 0.717) is 11.4 Å². The second-order valence-corrected chi connectivity index (χ2v) is 6.20. The van der Waals surface area contributed by atoms with Crippen LogP contribution < -0.4 is 10.1 Å². The summed E-state index contributed by atoms with van der Waals surface area (Å²) in [5.41, 5.74) is 3.58. The number of amides is 1. The number of methoxy groups -OCH3 is 1. The fourth-order valence-electron chi connectivity index (χ4n) is 2.61. The molecule has 3 aromatic rings. The molecule has 3 rings (SSSR count). The maximum Gasteiger partial charge on any atom is 0.244 e. The fraction of sp³-hybridized carbons (Fsp3) is 0.222. The summed E-state index contributed by atoms with van der Waals surface area (Å²) in [4.78, 5) is 17.1. The van der Waals surface area contributed by atoms with Gasteiger partial charge in [-0.2, -0.15) is 0 Å². The van der Waals surface area contributed by atoms with Crippen LogP contribution >= 0.6 is 11.8 Å². The average Bonchev–Trinajstić information content (AvgIpc) is 2.93. The van der Waals surface area contributed by atoms with Crippen LogP contribution in [0.4, 0.5) is 5.69 Å². The number of benzene rings is 2. The summed E-state index contributed by atoms with van der Waals surface area (Å²) in [7, 11) is 1.59. The first-order valence-electron chi connectivity index (χ1n) is 7.56. The highest BCUT2D eigenvalue weighted by atomic mass is 32.2.